The van der Waals surface area contributed by atoms with E-state index < -0.39 is 0 Å². The van der Waals surface area contributed by atoms with Crippen molar-refractivity contribution in [1.29, 1.82) is 0 Å². The van der Waals surface area contributed by atoms with Gasteiger partial charge < -0.3 is 15.1 Å². The van der Waals surface area contributed by atoms with Crippen LogP contribution in [0.1, 0.15) is 37.3 Å². The molecule has 1 aliphatic heterocycles. The fraction of sp³-hybridized carbons (Fsp3) is 0.417. The molecule has 2 aromatic rings. The highest BCUT2D eigenvalue weighted by atomic mass is 16.2. The second-order valence-electron chi connectivity index (χ2n) is 8.83. The Morgan fingerprint density at radius 3 is 2.45 bits per heavy atom. The number of nitrogens with zero attached hydrogens (tertiary/aromatic N) is 2. The minimum Gasteiger partial charge on any atom is -0.340 e. The lowest BCUT2D eigenvalue weighted by molar-refractivity contribution is -0.136. The molecule has 0 spiro atoms. The Hall–Kier alpha value is -2.82. The Kier molecular flexibility index (Phi) is 4.34. The Labute approximate surface area is 171 Å². The fourth-order valence-corrected chi connectivity index (χ4v) is 4.53. The lowest BCUT2D eigenvalue weighted by Gasteiger charge is -2.24. The number of carbonyl (C=O) groups is 2. The van der Waals surface area contributed by atoms with Crippen molar-refractivity contribution in [3.8, 4) is 11.1 Å². The molecule has 1 N–H and O–H groups in total. The number of hydrogen-bond acceptors (Lipinski definition) is 2. The number of nitrogens with one attached hydrogen (secondary N) is 1. The molecule has 5 nitrogen and oxygen atoms in total. The lowest BCUT2D eigenvalue weighted by Crippen LogP contribution is -2.41. The van der Waals surface area contributed by atoms with Gasteiger partial charge in [0.15, 0.2) is 0 Å². The highest BCUT2D eigenvalue weighted by Crippen LogP contribution is 2.46. The maximum absolute atomic E-state index is 12.8. The summed E-state index contributed by atoms with van der Waals surface area (Å²) in [5.74, 6) is 0.262. The number of anilines is 1. The predicted molar refractivity (Wildman–Crippen MR) is 114 cm³/mol. The van der Waals surface area contributed by atoms with Crippen LogP contribution in [0.5, 0.6) is 0 Å². The van der Waals surface area contributed by atoms with E-state index in [1.807, 2.05) is 15.9 Å². The zero-order chi connectivity index (χ0) is 20.0. The SMILES string of the molecule is CC1(C(=O)N2CCCN(C(=O)Nc3ccc4c(c3)Cc3ccccc3-4)CC2)CC1. The average Bonchev–Trinajstić information content (AvgIpc) is 3.43. The van der Waals surface area contributed by atoms with Crippen molar-refractivity contribution in [2.45, 2.75) is 32.6 Å². The van der Waals surface area contributed by atoms with Crippen molar-refractivity contribution < 1.29 is 9.59 Å². The fourth-order valence-electron chi connectivity index (χ4n) is 4.53. The van der Waals surface area contributed by atoms with Crippen molar-refractivity contribution in [3.63, 3.8) is 0 Å². The smallest absolute Gasteiger partial charge is 0.321 e. The lowest BCUT2D eigenvalue weighted by atomic mass is 10.1. The molecular weight excluding hydrogens is 362 g/mol. The maximum Gasteiger partial charge on any atom is 0.321 e. The molecule has 1 heterocycles. The van der Waals surface area contributed by atoms with E-state index in [0.29, 0.717) is 19.6 Å². The van der Waals surface area contributed by atoms with E-state index in [9.17, 15) is 9.59 Å². The number of fused-ring (bicyclic) bond motifs is 3. The predicted octanol–water partition coefficient (Wildman–Crippen LogP) is 4.12. The molecule has 2 aromatic carbocycles. The largest absolute Gasteiger partial charge is 0.340 e. The summed E-state index contributed by atoms with van der Waals surface area (Å²) in [6.07, 6.45) is 3.73. The highest BCUT2D eigenvalue weighted by Gasteiger charge is 2.47. The minimum absolute atomic E-state index is 0.0765. The summed E-state index contributed by atoms with van der Waals surface area (Å²) in [6, 6.07) is 14.6. The molecular formula is C24H27N3O2. The number of amides is 3. The molecule has 5 rings (SSSR count). The number of rotatable bonds is 2. The average molecular weight is 389 g/mol. The molecule has 3 aliphatic rings. The first-order valence-corrected chi connectivity index (χ1v) is 10.6. The molecule has 1 saturated heterocycles. The number of hydrogen-bond donors (Lipinski definition) is 1. The van der Waals surface area contributed by atoms with Gasteiger partial charge >= 0.3 is 6.03 Å². The third-order valence-corrected chi connectivity index (χ3v) is 6.63. The molecule has 0 bridgehead atoms. The molecule has 2 fully saturated rings. The third kappa shape index (κ3) is 3.39. The summed E-state index contributed by atoms with van der Waals surface area (Å²) < 4.78 is 0. The van der Waals surface area contributed by atoms with Crippen LogP contribution in [0.2, 0.25) is 0 Å². The van der Waals surface area contributed by atoms with Gasteiger partial charge in [-0.3, -0.25) is 4.79 Å². The number of urea groups is 1. The standard InChI is InChI=1S/C24H27N3O2/c1-24(9-10-24)22(28)26-11-4-12-27(14-13-26)23(29)25-19-7-8-21-18(16-19)15-17-5-2-3-6-20(17)21/h2-3,5-8,16H,4,9-15H2,1H3,(H,25,29). The van der Waals surface area contributed by atoms with Gasteiger partial charge in [-0.05, 0) is 60.1 Å². The number of benzene rings is 2. The van der Waals surface area contributed by atoms with Gasteiger partial charge in [0.25, 0.3) is 0 Å². The van der Waals surface area contributed by atoms with Gasteiger partial charge in [0, 0.05) is 37.3 Å². The van der Waals surface area contributed by atoms with E-state index in [0.717, 1.165) is 37.9 Å². The van der Waals surface area contributed by atoms with Crippen LogP contribution >= 0.6 is 0 Å². The van der Waals surface area contributed by atoms with Gasteiger partial charge in [-0.25, -0.2) is 4.79 Å². The van der Waals surface area contributed by atoms with Crippen molar-refractivity contribution in [2.75, 3.05) is 31.5 Å². The van der Waals surface area contributed by atoms with Crippen molar-refractivity contribution >= 4 is 17.6 Å². The molecule has 2 aliphatic carbocycles. The van der Waals surface area contributed by atoms with Crippen LogP contribution in [0, 0.1) is 5.41 Å². The van der Waals surface area contributed by atoms with E-state index in [1.54, 1.807) is 0 Å². The monoisotopic (exact) mass is 389 g/mol. The molecule has 1 saturated carbocycles. The molecule has 3 amide bonds. The highest BCUT2D eigenvalue weighted by molar-refractivity contribution is 5.91. The van der Waals surface area contributed by atoms with Crippen molar-refractivity contribution in [1.82, 2.24) is 9.80 Å². The van der Waals surface area contributed by atoms with Gasteiger partial charge in [0.05, 0.1) is 0 Å². The first kappa shape index (κ1) is 18.2. The maximum atomic E-state index is 12.8. The summed E-state index contributed by atoms with van der Waals surface area (Å²) >= 11 is 0. The van der Waals surface area contributed by atoms with E-state index in [-0.39, 0.29) is 17.4 Å². The Balaban J connectivity index is 1.23. The molecule has 29 heavy (non-hydrogen) atoms. The molecule has 0 atom stereocenters. The normalized spacial score (nSPS) is 19.2. The molecule has 0 radical (unpaired) electrons. The van der Waals surface area contributed by atoms with Gasteiger partial charge in [-0.15, -0.1) is 0 Å². The van der Waals surface area contributed by atoms with E-state index in [2.05, 4.69) is 48.6 Å². The zero-order valence-electron chi connectivity index (χ0n) is 16.9. The quantitative estimate of drug-likeness (QED) is 0.717. The van der Waals surface area contributed by atoms with Gasteiger partial charge in [0.2, 0.25) is 5.91 Å². The van der Waals surface area contributed by atoms with Crippen LogP contribution in [0.4, 0.5) is 10.5 Å². The van der Waals surface area contributed by atoms with Gasteiger partial charge in [0.1, 0.15) is 0 Å². The van der Waals surface area contributed by atoms with Crippen LogP contribution in [0.15, 0.2) is 42.5 Å². The zero-order valence-corrected chi connectivity index (χ0v) is 16.9. The van der Waals surface area contributed by atoms with Crippen LogP contribution in [-0.2, 0) is 11.2 Å². The molecule has 5 heteroatoms. The van der Waals surface area contributed by atoms with Crippen LogP contribution < -0.4 is 5.32 Å². The van der Waals surface area contributed by atoms with E-state index in [1.165, 1.54) is 22.3 Å². The van der Waals surface area contributed by atoms with Gasteiger partial charge in [-0.2, -0.15) is 0 Å². The molecule has 150 valence electrons. The summed E-state index contributed by atoms with van der Waals surface area (Å²) in [4.78, 5) is 29.2. The third-order valence-electron chi connectivity index (χ3n) is 6.63. The Morgan fingerprint density at radius 2 is 1.62 bits per heavy atom. The van der Waals surface area contributed by atoms with E-state index in [4.69, 9.17) is 0 Å². The molecule has 0 aromatic heterocycles. The topological polar surface area (TPSA) is 52.7 Å². The van der Waals surface area contributed by atoms with Crippen LogP contribution in [-0.4, -0.2) is 47.9 Å². The van der Waals surface area contributed by atoms with Gasteiger partial charge in [-0.1, -0.05) is 37.3 Å². The minimum atomic E-state index is -0.139. The van der Waals surface area contributed by atoms with Crippen molar-refractivity contribution in [2.24, 2.45) is 5.41 Å². The number of carbonyl (C=O) groups excluding carboxylic acids is 2. The summed E-state index contributed by atoms with van der Waals surface area (Å²) in [7, 11) is 0. The van der Waals surface area contributed by atoms with Crippen LogP contribution in [0.3, 0.4) is 0 Å². The first-order chi connectivity index (χ1) is 14.0. The van der Waals surface area contributed by atoms with Crippen molar-refractivity contribution in [3.05, 3.63) is 53.6 Å². The summed E-state index contributed by atoms with van der Waals surface area (Å²) in [5.41, 5.74) is 5.85. The second-order valence-corrected chi connectivity index (χ2v) is 8.83. The van der Waals surface area contributed by atoms with Crippen LogP contribution in [0.25, 0.3) is 11.1 Å². The summed E-state index contributed by atoms with van der Waals surface area (Å²) in [6.45, 7) is 4.69. The van der Waals surface area contributed by atoms with E-state index >= 15 is 0 Å². The Morgan fingerprint density at radius 1 is 0.897 bits per heavy atom. The second kappa shape index (κ2) is 6.90. The summed E-state index contributed by atoms with van der Waals surface area (Å²) in [5, 5.41) is 3.07. The Bertz CT molecular complexity index is 980. The first-order valence-electron chi connectivity index (χ1n) is 10.6. The molecule has 0 unspecified atom stereocenters.